The van der Waals surface area contributed by atoms with Crippen LogP contribution in [0.1, 0.15) is 36.8 Å². The molecule has 1 aromatic heterocycles. The maximum absolute atomic E-state index is 5.69. The molecular weight excluding hydrogens is 188 g/mol. The number of rotatable bonds is 3. The van der Waals surface area contributed by atoms with Gasteiger partial charge in [0.05, 0.1) is 6.54 Å². The van der Waals surface area contributed by atoms with Gasteiger partial charge in [0, 0.05) is 18.2 Å². The minimum Gasteiger partial charge on any atom is -0.465 e. The van der Waals surface area contributed by atoms with E-state index in [2.05, 4.69) is 17.9 Å². The van der Waals surface area contributed by atoms with E-state index in [0.717, 1.165) is 23.6 Å². The van der Waals surface area contributed by atoms with E-state index in [4.69, 9.17) is 10.2 Å². The predicted octanol–water partition coefficient (Wildman–Crippen LogP) is 2.03. The molecule has 2 rings (SSSR count). The zero-order valence-electron chi connectivity index (χ0n) is 9.62. The first-order valence-corrected chi connectivity index (χ1v) is 5.73. The summed E-state index contributed by atoms with van der Waals surface area (Å²) in [6.45, 7) is 6.97. The van der Waals surface area contributed by atoms with Crippen LogP contribution in [0.3, 0.4) is 0 Å². The van der Waals surface area contributed by atoms with Crippen molar-refractivity contribution in [3.05, 3.63) is 23.2 Å². The smallest absolute Gasteiger partial charge is 0.118 e. The summed E-state index contributed by atoms with van der Waals surface area (Å²) in [5.74, 6) is 2.03. The lowest BCUT2D eigenvalue weighted by Gasteiger charge is -2.19. The van der Waals surface area contributed by atoms with Gasteiger partial charge in [-0.1, -0.05) is 0 Å². The maximum atomic E-state index is 5.69. The van der Waals surface area contributed by atoms with Crippen molar-refractivity contribution in [1.82, 2.24) is 4.90 Å². The molecule has 0 aromatic carbocycles. The van der Waals surface area contributed by atoms with Gasteiger partial charge in [0.1, 0.15) is 11.5 Å². The Kier molecular flexibility index (Phi) is 3.12. The first-order chi connectivity index (χ1) is 7.20. The second-order valence-corrected chi connectivity index (χ2v) is 4.46. The number of aryl methyl sites for hydroxylation is 1. The van der Waals surface area contributed by atoms with Gasteiger partial charge in [0.15, 0.2) is 0 Å². The molecule has 0 radical (unpaired) electrons. The topological polar surface area (TPSA) is 42.4 Å². The van der Waals surface area contributed by atoms with Gasteiger partial charge in [-0.25, -0.2) is 0 Å². The van der Waals surface area contributed by atoms with Crippen LogP contribution in [0, 0.1) is 6.92 Å². The average molecular weight is 208 g/mol. The van der Waals surface area contributed by atoms with Gasteiger partial charge < -0.3 is 10.2 Å². The van der Waals surface area contributed by atoms with E-state index in [0.29, 0.717) is 12.6 Å². The van der Waals surface area contributed by atoms with Gasteiger partial charge in [-0.05, 0) is 39.3 Å². The van der Waals surface area contributed by atoms with Crippen molar-refractivity contribution in [2.45, 2.75) is 45.8 Å². The molecule has 15 heavy (non-hydrogen) atoms. The maximum Gasteiger partial charge on any atom is 0.118 e. The van der Waals surface area contributed by atoms with Gasteiger partial charge in [0.25, 0.3) is 0 Å². The number of hydrogen-bond donors (Lipinski definition) is 1. The Bertz CT molecular complexity index is 332. The van der Waals surface area contributed by atoms with Crippen molar-refractivity contribution in [3.8, 4) is 0 Å². The molecule has 1 atom stereocenters. The summed E-state index contributed by atoms with van der Waals surface area (Å²) in [6.07, 6.45) is 2.62. The minimum absolute atomic E-state index is 0.574. The lowest BCUT2D eigenvalue weighted by Crippen LogP contribution is -2.25. The van der Waals surface area contributed by atoms with Crippen LogP contribution in [0.15, 0.2) is 10.5 Å². The van der Waals surface area contributed by atoms with E-state index in [1.807, 2.05) is 6.92 Å². The summed E-state index contributed by atoms with van der Waals surface area (Å²) >= 11 is 0. The lowest BCUT2D eigenvalue weighted by atomic mass is 10.2. The third-order valence-corrected chi connectivity index (χ3v) is 3.34. The van der Waals surface area contributed by atoms with Gasteiger partial charge >= 0.3 is 0 Å². The molecule has 0 aliphatic carbocycles. The Labute approximate surface area is 91.2 Å². The molecule has 1 unspecified atom stereocenters. The number of nitrogens with two attached hydrogens (primary N) is 1. The first-order valence-electron chi connectivity index (χ1n) is 5.73. The molecule has 3 nitrogen and oxygen atoms in total. The lowest BCUT2D eigenvalue weighted by molar-refractivity contribution is 0.237. The zero-order chi connectivity index (χ0) is 10.8. The average Bonchev–Trinajstić information content (AvgIpc) is 2.75. The fraction of sp³-hybridized carbons (Fsp3) is 0.667. The highest BCUT2D eigenvalue weighted by Crippen LogP contribution is 2.21. The second-order valence-electron chi connectivity index (χ2n) is 4.46. The fourth-order valence-corrected chi connectivity index (χ4v) is 2.30. The largest absolute Gasteiger partial charge is 0.465 e. The normalized spacial score (nSPS) is 22.5. The van der Waals surface area contributed by atoms with Crippen LogP contribution in [0.25, 0.3) is 0 Å². The highest BCUT2D eigenvalue weighted by molar-refractivity contribution is 5.20. The summed E-state index contributed by atoms with van der Waals surface area (Å²) in [5.41, 5.74) is 6.76. The van der Waals surface area contributed by atoms with E-state index in [1.165, 1.54) is 19.4 Å². The van der Waals surface area contributed by atoms with Crippen molar-refractivity contribution in [1.29, 1.82) is 0 Å². The van der Waals surface area contributed by atoms with E-state index in [9.17, 15) is 0 Å². The van der Waals surface area contributed by atoms with Crippen LogP contribution in [0.2, 0.25) is 0 Å². The number of likely N-dealkylation sites (tertiary alicyclic amines) is 1. The van der Waals surface area contributed by atoms with Crippen LogP contribution in [0.4, 0.5) is 0 Å². The van der Waals surface area contributed by atoms with Gasteiger partial charge in [-0.3, -0.25) is 4.90 Å². The molecule has 0 saturated carbocycles. The third kappa shape index (κ3) is 2.24. The number of furan rings is 1. The summed E-state index contributed by atoms with van der Waals surface area (Å²) in [6, 6.07) is 2.79. The molecule has 1 aliphatic rings. The Balaban J connectivity index is 2.04. The highest BCUT2D eigenvalue weighted by atomic mass is 16.3. The Hall–Kier alpha value is -0.800. The monoisotopic (exact) mass is 208 g/mol. The SMILES string of the molecule is Cc1oc(CN2CCCC2C)cc1CN. The molecule has 2 N–H and O–H groups in total. The van der Waals surface area contributed by atoms with E-state index in [1.54, 1.807) is 0 Å². The highest BCUT2D eigenvalue weighted by Gasteiger charge is 2.21. The summed E-state index contributed by atoms with van der Waals surface area (Å²) in [4.78, 5) is 2.47. The minimum atomic E-state index is 0.574. The van der Waals surface area contributed by atoms with E-state index < -0.39 is 0 Å². The molecule has 1 aliphatic heterocycles. The van der Waals surface area contributed by atoms with Crippen molar-refractivity contribution in [2.75, 3.05) is 6.54 Å². The number of nitrogens with zero attached hydrogens (tertiary/aromatic N) is 1. The van der Waals surface area contributed by atoms with Gasteiger partial charge in [-0.15, -0.1) is 0 Å². The summed E-state index contributed by atoms with van der Waals surface area (Å²) < 4.78 is 5.69. The number of hydrogen-bond acceptors (Lipinski definition) is 3. The van der Waals surface area contributed by atoms with Crippen LogP contribution in [-0.4, -0.2) is 17.5 Å². The van der Waals surface area contributed by atoms with Crippen LogP contribution < -0.4 is 5.73 Å². The van der Waals surface area contributed by atoms with Gasteiger partial charge in [-0.2, -0.15) is 0 Å². The third-order valence-electron chi connectivity index (χ3n) is 3.34. The van der Waals surface area contributed by atoms with Crippen molar-refractivity contribution < 1.29 is 4.42 Å². The first kappa shape index (κ1) is 10.7. The second kappa shape index (κ2) is 4.37. The molecule has 0 spiro atoms. The Morgan fingerprint density at radius 2 is 2.40 bits per heavy atom. The summed E-state index contributed by atoms with van der Waals surface area (Å²) in [5, 5.41) is 0. The molecule has 1 fully saturated rings. The quantitative estimate of drug-likeness (QED) is 0.826. The molecule has 1 aromatic rings. The fourth-order valence-electron chi connectivity index (χ4n) is 2.30. The Morgan fingerprint density at radius 3 is 2.93 bits per heavy atom. The molecule has 3 heteroatoms. The molecule has 0 amide bonds. The molecule has 0 bridgehead atoms. The standard InChI is InChI=1S/C12H20N2O/c1-9-4-3-5-14(9)8-12-6-11(7-13)10(2)15-12/h6,9H,3-5,7-8,13H2,1-2H3. The predicted molar refractivity (Wildman–Crippen MR) is 60.4 cm³/mol. The van der Waals surface area contributed by atoms with Crippen LogP contribution >= 0.6 is 0 Å². The molecule has 1 saturated heterocycles. The zero-order valence-corrected chi connectivity index (χ0v) is 9.62. The molecule has 84 valence electrons. The van der Waals surface area contributed by atoms with Crippen molar-refractivity contribution >= 4 is 0 Å². The van der Waals surface area contributed by atoms with E-state index in [-0.39, 0.29) is 0 Å². The molecular formula is C12H20N2O. The Morgan fingerprint density at radius 1 is 1.60 bits per heavy atom. The van der Waals surface area contributed by atoms with E-state index >= 15 is 0 Å². The van der Waals surface area contributed by atoms with Crippen LogP contribution in [-0.2, 0) is 13.1 Å². The van der Waals surface area contributed by atoms with Gasteiger partial charge in [0.2, 0.25) is 0 Å². The van der Waals surface area contributed by atoms with Crippen molar-refractivity contribution in [2.24, 2.45) is 5.73 Å². The molecule has 2 heterocycles. The summed E-state index contributed by atoms with van der Waals surface area (Å²) in [7, 11) is 0. The van der Waals surface area contributed by atoms with Crippen LogP contribution in [0.5, 0.6) is 0 Å². The van der Waals surface area contributed by atoms with Crippen molar-refractivity contribution in [3.63, 3.8) is 0 Å².